The van der Waals surface area contributed by atoms with E-state index in [1.54, 1.807) is 7.05 Å². The molecule has 1 aliphatic heterocycles. The van der Waals surface area contributed by atoms with E-state index < -0.39 is 12.1 Å². The van der Waals surface area contributed by atoms with Crippen LogP contribution in [0.5, 0.6) is 0 Å². The molecule has 3 aromatic rings. The van der Waals surface area contributed by atoms with Crippen molar-refractivity contribution in [2.45, 2.75) is 25.1 Å². The number of hydrogen-bond acceptors (Lipinski definition) is 5. The molecule has 0 spiro atoms. The third-order valence-electron chi connectivity index (χ3n) is 4.69. The van der Waals surface area contributed by atoms with E-state index in [1.165, 1.54) is 0 Å². The van der Waals surface area contributed by atoms with Crippen LogP contribution in [-0.2, 0) is 4.79 Å². The molecule has 0 bridgehead atoms. The molecular weight excluding hydrogens is 415 g/mol. The Labute approximate surface area is 175 Å². The zero-order valence-corrected chi connectivity index (χ0v) is 16.5. The van der Waals surface area contributed by atoms with E-state index in [2.05, 4.69) is 15.6 Å². The van der Waals surface area contributed by atoms with Crippen molar-refractivity contribution in [3.8, 4) is 11.1 Å². The predicted molar refractivity (Wildman–Crippen MR) is 107 cm³/mol. The Morgan fingerprint density at radius 3 is 2.42 bits per heavy atom. The molecule has 1 saturated heterocycles. The highest BCUT2D eigenvalue weighted by Gasteiger charge is 2.38. The van der Waals surface area contributed by atoms with Crippen LogP contribution in [0, 0.1) is 0 Å². The Bertz CT molecular complexity index is 1070. The quantitative estimate of drug-likeness (QED) is 0.576. The number of oxazole rings is 1. The Hall–Kier alpha value is -3.40. The second-order valence-corrected chi connectivity index (χ2v) is 6.82. The fraction of sp³-hybridized carbons (Fsp3) is 0.286. The number of fused-ring (bicyclic) bond motifs is 1. The lowest BCUT2D eigenvalue weighted by Crippen LogP contribution is -2.21. The molecule has 7 nitrogen and oxygen atoms in total. The molecule has 31 heavy (non-hydrogen) atoms. The first kappa shape index (κ1) is 22.3. The average Bonchev–Trinajstić information content (AvgIpc) is 3.42. The van der Waals surface area contributed by atoms with Crippen LogP contribution in [0.1, 0.15) is 35.1 Å². The Balaban J connectivity index is 0.000000339. The molecule has 1 aliphatic rings. The van der Waals surface area contributed by atoms with Gasteiger partial charge in [0.2, 0.25) is 5.89 Å². The molecule has 0 saturated carbocycles. The largest absolute Gasteiger partial charge is 0.490 e. The molecule has 0 unspecified atom stereocenters. The summed E-state index contributed by atoms with van der Waals surface area (Å²) in [5.74, 6) is -2.25. The number of nitrogens with one attached hydrogen (secondary N) is 2. The van der Waals surface area contributed by atoms with Crippen LogP contribution in [0.15, 0.2) is 46.9 Å². The Morgan fingerprint density at radius 1 is 1.19 bits per heavy atom. The van der Waals surface area contributed by atoms with Gasteiger partial charge in [0.15, 0.2) is 5.58 Å². The van der Waals surface area contributed by atoms with E-state index in [9.17, 15) is 18.0 Å². The van der Waals surface area contributed by atoms with Crippen LogP contribution in [-0.4, -0.2) is 41.7 Å². The minimum absolute atomic E-state index is 0.134. The zero-order valence-electron chi connectivity index (χ0n) is 16.5. The number of aliphatic carboxylic acids is 1. The lowest BCUT2D eigenvalue weighted by molar-refractivity contribution is -0.192. The summed E-state index contributed by atoms with van der Waals surface area (Å²) in [4.78, 5) is 25.8. The van der Waals surface area contributed by atoms with Crippen molar-refractivity contribution < 1.29 is 32.3 Å². The van der Waals surface area contributed by atoms with E-state index in [4.69, 9.17) is 14.3 Å². The molecule has 164 valence electrons. The summed E-state index contributed by atoms with van der Waals surface area (Å²) in [5, 5.41) is 13.2. The number of alkyl halides is 3. The van der Waals surface area contributed by atoms with Crippen molar-refractivity contribution in [1.29, 1.82) is 0 Å². The summed E-state index contributed by atoms with van der Waals surface area (Å²) in [7, 11) is 1.63. The SMILES string of the molecule is CNC(=O)c1cc(-c2ccccc2)cc2oc([C@@H]3CCCN3)nc12.O=C(O)C(F)(F)F. The minimum atomic E-state index is -5.08. The van der Waals surface area contributed by atoms with Gasteiger partial charge in [-0.15, -0.1) is 0 Å². The molecule has 2 heterocycles. The van der Waals surface area contributed by atoms with Gasteiger partial charge in [-0.05, 0) is 42.6 Å². The summed E-state index contributed by atoms with van der Waals surface area (Å²) in [5.41, 5.74) is 3.81. The maximum absolute atomic E-state index is 12.3. The Kier molecular flexibility index (Phi) is 6.59. The lowest BCUT2D eigenvalue weighted by Gasteiger charge is -2.05. The number of hydrogen-bond donors (Lipinski definition) is 3. The molecule has 0 aliphatic carbocycles. The number of carboxylic acids is 1. The van der Waals surface area contributed by atoms with Gasteiger partial charge in [-0.25, -0.2) is 9.78 Å². The molecule has 1 aromatic heterocycles. The topological polar surface area (TPSA) is 104 Å². The van der Waals surface area contributed by atoms with Crippen LogP contribution in [0.25, 0.3) is 22.2 Å². The second kappa shape index (κ2) is 9.17. The third-order valence-corrected chi connectivity index (χ3v) is 4.69. The number of amides is 1. The van der Waals surface area contributed by atoms with E-state index in [0.29, 0.717) is 22.6 Å². The maximum Gasteiger partial charge on any atom is 0.490 e. The van der Waals surface area contributed by atoms with Gasteiger partial charge in [0.25, 0.3) is 5.91 Å². The fourth-order valence-electron chi connectivity index (χ4n) is 3.20. The van der Waals surface area contributed by atoms with Crippen LogP contribution in [0.4, 0.5) is 13.2 Å². The molecule has 10 heteroatoms. The normalized spacial score (nSPS) is 15.9. The van der Waals surface area contributed by atoms with E-state index in [0.717, 1.165) is 30.5 Å². The minimum Gasteiger partial charge on any atom is -0.475 e. The number of benzene rings is 2. The fourth-order valence-corrected chi connectivity index (χ4v) is 3.20. The second-order valence-electron chi connectivity index (χ2n) is 6.82. The average molecular weight is 435 g/mol. The van der Waals surface area contributed by atoms with E-state index >= 15 is 0 Å². The van der Waals surface area contributed by atoms with Crippen molar-refractivity contribution in [2.75, 3.05) is 13.6 Å². The van der Waals surface area contributed by atoms with Crippen molar-refractivity contribution in [1.82, 2.24) is 15.6 Å². The number of carboxylic acid groups (broad SMARTS) is 1. The number of halogens is 3. The summed E-state index contributed by atoms with van der Waals surface area (Å²) in [6.45, 7) is 0.973. The summed E-state index contributed by atoms with van der Waals surface area (Å²) >= 11 is 0. The molecule has 1 fully saturated rings. The predicted octanol–water partition coefficient (Wildman–Crippen LogP) is 3.91. The maximum atomic E-state index is 12.3. The van der Waals surface area contributed by atoms with Gasteiger partial charge in [-0.2, -0.15) is 13.2 Å². The third kappa shape index (κ3) is 5.21. The molecule has 1 atom stereocenters. The number of carbonyl (C=O) groups excluding carboxylic acids is 1. The van der Waals surface area contributed by atoms with Gasteiger partial charge in [0.05, 0.1) is 11.6 Å². The lowest BCUT2D eigenvalue weighted by atomic mass is 10.0. The molecule has 1 amide bonds. The van der Waals surface area contributed by atoms with Gasteiger partial charge < -0.3 is 20.2 Å². The van der Waals surface area contributed by atoms with Gasteiger partial charge in [-0.3, -0.25) is 4.79 Å². The highest BCUT2D eigenvalue weighted by molar-refractivity contribution is 6.06. The number of nitrogens with zero attached hydrogens (tertiary/aromatic N) is 1. The number of rotatable bonds is 3. The summed E-state index contributed by atoms with van der Waals surface area (Å²) < 4.78 is 37.7. The Morgan fingerprint density at radius 2 is 1.87 bits per heavy atom. The molecule has 4 rings (SSSR count). The monoisotopic (exact) mass is 435 g/mol. The first-order valence-corrected chi connectivity index (χ1v) is 9.46. The van der Waals surface area contributed by atoms with Gasteiger partial charge in [0, 0.05) is 7.05 Å². The highest BCUT2D eigenvalue weighted by atomic mass is 19.4. The van der Waals surface area contributed by atoms with Crippen molar-refractivity contribution >= 4 is 23.0 Å². The zero-order chi connectivity index (χ0) is 22.6. The van der Waals surface area contributed by atoms with Crippen LogP contribution in [0.3, 0.4) is 0 Å². The molecular formula is C21H20F3N3O4. The molecule has 0 radical (unpaired) electrons. The molecule has 2 aromatic carbocycles. The van der Waals surface area contributed by atoms with Crippen LogP contribution >= 0.6 is 0 Å². The van der Waals surface area contributed by atoms with E-state index in [-0.39, 0.29) is 11.9 Å². The summed E-state index contributed by atoms with van der Waals surface area (Å²) in [6, 6.07) is 13.9. The van der Waals surface area contributed by atoms with Gasteiger partial charge >= 0.3 is 12.1 Å². The number of carbonyl (C=O) groups is 2. The first-order chi connectivity index (χ1) is 14.7. The van der Waals surface area contributed by atoms with Crippen LogP contribution in [0.2, 0.25) is 0 Å². The molecule has 3 N–H and O–H groups in total. The highest BCUT2D eigenvalue weighted by Crippen LogP contribution is 2.31. The van der Waals surface area contributed by atoms with Gasteiger partial charge in [-0.1, -0.05) is 30.3 Å². The van der Waals surface area contributed by atoms with E-state index in [1.807, 2.05) is 42.5 Å². The van der Waals surface area contributed by atoms with Crippen molar-refractivity contribution in [3.63, 3.8) is 0 Å². The van der Waals surface area contributed by atoms with Crippen molar-refractivity contribution in [2.24, 2.45) is 0 Å². The van der Waals surface area contributed by atoms with Crippen LogP contribution < -0.4 is 10.6 Å². The standard InChI is InChI=1S/C19H19N3O2.C2HF3O2/c1-20-18(23)14-10-13(12-6-3-2-4-7-12)11-16-17(14)22-19(24-16)15-8-5-9-21-15;3-2(4,5)1(6)7/h2-4,6-7,10-11,15,21H,5,8-9H2,1H3,(H,20,23);(H,6,7)/t15-;/m0./s1. The van der Waals surface area contributed by atoms with Gasteiger partial charge in [0.1, 0.15) is 5.52 Å². The smallest absolute Gasteiger partial charge is 0.475 e. The van der Waals surface area contributed by atoms with Crippen molar-refractivity contribution in [3.05, 3.63) is 53.9 Å². The number of aromatic nitrogens is 1. The summed E-state index contributed by atoms with van der Waals surface area (Å²) in [6.07, 6.45) is -2.96. The first-order valence-electron chi connectivity index (χ1n) is 9.46.